The number of nitrogens with one attached hydrogen (secondary N) is 3. The average molecular weight is 343 g/mol. The van der Waals surface area contributed by atoms with E-state index >= 15 is 0 Å². The van der Waals surface area contributed by atoms with Crippen molar-refractivity contribution in [3.8, 4) is 0 Å². The van der Waals surface area contributed by atoms with Gasteiger partial charge in [-0.1, -0.05) is 18.2 Å². The summed E-state index contributed by atoms with van der Waals surface area (Å²) in [6, 6.07) is 11.3. The van der Waals surface area contributed by atoms with Crippen molar-refractivity contribution in [3.63, 3.8) is 0 Å². The molecule has 24 heavy (non-hydrogen) atoms. The fourth-order valence-electron chi connectivity index (χ4n) is 2.91. The van der Waals surface area contributed by atoms with Gasteiger partial charge in [-0.3, -0.25) is 9.59 Å². The first-order valence-corrected chi connectivity index (χ1v) is 8.99. The smallest absolute Gasteiger partial charge is 0.265 e. The zero-order valence-electron chi connectivity index (χ0n) is 13.5. The molecule has 1 aliphatic heterocycles. The highest BCUT2D eigenvalue weighted by Crippen LogP contribution is 2.19. The number of hydrogen-bond donors (Lipinski definition) is 3. The maximum atomic E-state index is 12.6. The molecule has 3 N–H and O–H groups in total. The zero-order chi connectivity index (χ0) is 16.9. The first kappa shape index (κ1) is 16.7. The van der Waals surface area contributed by atoms with E-state index in [-0.39, 0.29) is 17.9 Å². The number of benzene rings is 1. The Morgan fingerprint density at radius 1 is 1.17 bits per heavy atom. The van der Waals surface area contributed by atoms with Crippen molar-refractivity contribution in [2.75, 3.05) is 11.9 Å². The molecular formula is C18H21N3O2S. The van der Waals surface area contributed by atoms with Gasteiger partial charge in [0.1, 0.15) is 0 Å². The summed E-state index contributed by atoms with van der Waals surface area (Å²) in [5, 5.41) is 11.1. The lowest BCUT2D eigenvalue weighted by Crippen LogP contribution is -2.46. The third-order valence-electron chi connectivity index (χ3n) is 4.12. The van der Waals surface area contributed by atoms with Crippen LogP contribution in [0.4, 0.5) is 5.69 Å². The van der Waals surface area contributed by atoms with Crippen LogP contribution >= 0.6 is 11.3 Å². The average Bonchev–Trinajstić information content (AvgIpc) is 3.10. The molecule has 5 nitrogen and oxygen atoms in total. The van der Waals surface area contributed by atoms with Crippen LogP contribution in [0.15, 0.2) is 41.8 Å². The summed E-state index contributed by atoms with van der Waals surface area (Å²) in [7, 11) is 0. The van der Waals surface area contributed by atoms with Crippen LogP contribution < -0.4 is 16.0 Å². The summed E-state index contributed by atoms with van der Waals surface area (Å²) >= 11 is 1.37. The summed E-state index contributed by atoms with van der Waals surface area (Å²) in [5.74, 6) is -0.336. The molecule has 2 aromatic rings. The lowest BCUT2D eigenvalue weighted by atomic mass is 10.00. The molecule has 2 unspecified atom stereocenters. The van der Waals surface area contributed by atoms with Crippen LogP contribution in [-0.2, 0) is 0 Å². The van der Waals surface area contributed by atoms with Crippen molar-refractivity contribution in [1.29, 1.82) is 0 Å². The van der Waals surface area contributed by atoms with E-state index in [9.17, 15) is 9.59 Å². The third-order valence-corrected chi connectivity index (χ3v) is 4.99. The molecule has 1 fully saturated rings. The molecule has 126 valence electrons. The molecule has 0 aliphatic carbocycles. The van der Waals surface area contributed by atoms with Gasteiger partial charge in [0.05, 0.1) is 16.1 Å². The lowest BCUT2D eigenvalue weighted by molar-refractivity contribution is 0.0926. The van der Waals surface area contributed by atoms with Gasteiger partial charge in [0.25, 0.3) is 11.8 Å². The molecule has 0 spiro atoms. The number of carbonyl (C=O) groups excluding carboxylic acids is 2. The highest BCUT2D eigenvalue weighted by atomic mass is 32.1. The van der Waals surface area contributed by atoms with Gasteiger partial charge in [0.15, 0.2) is 0 Å². The molecule has 1 aromatic heterocycles. The minimum atomic E-state index is -0.194. The predicted molar refractivity (Wildman–Crippen MR) is 96.7 cm³/mol. The monoisotopic (exact) mass is 343 g/mol. The van der Waals surface area contributed by atoms with Crippen molar-refractivity contribution in [3.05, 3.63) is 52.2 Å². The second-order valence-corrected chi connectivity index (χ2v) is 6.97. The number of piperidine rings is 1. The standard InChI is InChI=1S/C18H21N3O2S/c1-12-11-13(8-9-19-12)20-17(22)14-5-2-3-6-15(14)21-18(23)16-7-4-10-24-16/h2-7,10,12-13,19H,8-9,11H2,1H3,(H,20,22)(H,21,23). The third kappa shape index (κ3) is 4.01. The molecule has 2 amide bonds. The molecule has 0 radical (unpaired) electrons. The number of amides is 2. The predicted octanol–water partition coefficient (Wildman–Crippen LogP) is 2.87. The first-order chi connectivity index (χ1) is 11.6. The minimum Gasteiger partial charge on any atom is -0.349 e. The topological polar surface area (TPSA) is 70.2 Å². The van der Waals surface area contributed by atoms with Crippen molar-refractivity contribution < 1.29 is 9.59 Å². The Labute approximate surface area is 145 Å². The van der Waals surface area contributed by atoms with Crippen LogP contribution in [-0.4, -0.2) is 30.4 Å². The Morgan fingerprint density at radius 2 is 2.00 bits per heavy atom. The van der Waals surface area contributed by atoms with Gasteiger partial charge < -0.3 is 16.0 Å². The van der Waals surface area contributed by atoms with E-state index in [1.54, 1.807) is 24.3 Å². The normalized spacial score (nSPS) is 20.4. The van der Waals surface area contributed by atoms with Gasteiger partial charge in [0, 0.05) is 12.1 Å². The molecule has 1 aromatic carbocycles. The van der Waals surface area contributed by atoms with E-state index < -0.39 is 0 Å². The van der Waals surface area contributed by atoms with Crippen molar-refractivity contribution >= 4 is 28.8 Å². The van der Waals surface area contributed by atoms with Gasteiger partial charge in [-0.05, 0) is 49.9 Å². The molecule has 1 aliphatic rings. The van der Waals surface area contributed by atoms with Crippen LogP contribution in [0.1, 0.15) is 39.8 Å². The number of carbonyl (C=O) groups is 2. The molecule has 0 saturated carbocycles. The van der Waals surface area contributed by atoms with Crippen LogP contribution in [0.25, 0.3) is 0 Å². The van der Waals surface area contributed by atoms with Gasteiger partial charge in [-0.25, -0.2) is 0 Å². The van der Waals surface area contributed by atoms with Crippen LogP contribution in [0.5, 0.6) is 0 Å². The van der Waals surface area contributed by atoms with Crippen molar-refractivity contribution in [2.45, 2.75) is 31.8 Å². The van der Waals surface area contributed by atoms with E-state index in [1.807, 2.05) is 17.5 Å². The van der Waals surface area contributed by atoms with E-state index in [0.717, 1.165) is 19.4 Å². The molecule has 6 heteroatoms. The summed E-state index contributed by atoms with van der Waals surface area (Å²) < 4.78 is 0. The van der Waals surface area contributed by atoms with Gasteiger partial charge in [-0.2, -0.15) is 0 Å². The lowest BCUT2D eigenvalue weighted by Gasteiger charge is -2.28. The molecule has 3 rings (SSSR count). The Kier molecular flexibility index (Phi) is 5.27. The van der Waals surface area contributed by atoms with Crippen LogP contribution in [0.2, 0.25) is 0 Å². The van der Waals surface area contributed by atoms with Gasteiger partial charge >= 0.3 is 0 Å². The fourth-order valence-corrected chi connectivity index (χ4v) is 3.53. The van der Waals surface area contributed by atoms with Crippen LogP contribution in [0.3, 0.4) is 0 Å². The molecular weight excluding hydrogens is 322 g/mol. The van der Waals surface area contributed by atoms with Gasteiger partial charge in [-0.15, -0.1) is 11.3 Å². The summed E-state index contributed by atoms with van der Waals surface area (Å²) in [6.07, 6.45) is 1.83. The van der Waals surface area contributed by atoms with E-state index in [0.29, 0.717) is 22.2 Å². The second-order valence-electron chi connectivity index (χ2n) is 6.03. The Balaban J connectivity index is 1.71. The molecule has 1 saturated heterocycles. The summed E-state index contributed by atoms with van der Waals surface area (Å²) in [6.45, 7) is 3.02. The quantitative estimate of drug-likeness (QED) is 0.799. The Hall–Kier alpha value is -2.18. The fraction of sp³-hybridized carbons (Fsp3) is 0.333. The zero-order valence-corrected chi connectivity index (χ0v) is 14.4. The first-order valence-electron chi connectivity index (χ1n) is 8.11. The van der Waals surface area contributed by atoms with Crippen molar-refractivity contribution in [2.24, 2.45) is 0 Å². The number of thiophene rings is 1. The SMILES string of the molecule is CC1CC(NC(=O)c2ccccc2NC(=O)c2cccs2)CCN1. The summed E-state index contributed by atoms with van der Waals surface area (Å²) in [4.78, 5) is 25.5. The molecule has 0 bridgehead atoms. The van der Waals surface area contributed by atoms with E-state index in [4.69, 9.17) is 0 Å². The number of hydrogen-bond acceptors (Lipinski definition) is 4. The second kappa shape index (κ2) is 7.59. The largest absolute Gasteiger partial charge is 0.349 e. The molecule has 2 heterocycles. The summed E-state index contributed by atoms with van der Waals surface area (Å²) in [5.41, 5.74) is 1.03. The molecule has 2 atom stereocenters. The van der Waals surface area contributed by atoms with E-state index in [1.165, 1.54) is 11.3 Å². The maximum absolute atomic E-state index is 12.6. The van der Waals surface area contributed by atoms with Crippen LogP contribution in [0, 0.1) is 0 Å². The van der Waals surface area contributed by atoms with Gasteiger partial charge in [0.2, 0.25) is 0 Å². The number of rotatable bonds is 4. The number of para-hydroxylation sites is 1. The maximum Gasteiger partial charge on any atom is 0.265 e. The highest BCUT2D eigenvalue weighted by Gasteiger charge is 2.22. The number of anilines is 1. The highest BCUT2D eigenvalue weighted by molar-refractivity contribution is 7.12. The minimum absolute atomic E-state index is 0.142. The Bertz CT molecular complexity index is 715. The van der Waals surface area contributed by atoms with E-state index in [2.05, 4.69) is 22.9 Å². The van der Waals surface area contributed by atoms with Crippen molar-refractivity contribution in [1.82, 2.24) is 10.6 Å². The Morgan fingerprint density at radius 3 is 2.75 bits per heavy atom.